The van der Waals surface area contributed by atoms with Gasteiger partial charge in [0.1, 0.15) is 5.76 Å². The topological polar surface area (TPSA) is 9.23 Å². The molecule has 0 atom stereocenters. The normalized spacial score (nSPS) is 15.1. The van der Waals surface area contributed by atoms with Gasteiger partial charge in [-0.05, 0) is 28.0 Å². The highest BCUT2D eigenvalue weighted by Gasteiger charge is 2.20. The molecule has 0 heterocycles. The standard InChI is InChI=1S/C16H12OSi/c1-3-7-13-11(5-1)9-15(13)17-18-16-10-12-6-2-4-8-14(12)16/h1-10H,18H2. The molecule has 0 amide bonds. The Hall–Kier alpha value is -2.06. The molecule has 18 heavy (non-hydrogen) atoms. The molecule has 0 radical (unpaired) electrons. The Morgan fingerprint density at radius 1 is 0.722 bits per heavy atom. The third-order valence-electron chi connectivity index (χ3n) is 3.53. The van der Waals surface area contributed by atoms with Gasteiger partial charge in [-0.25, -0.2) is 0 Å². The molecule has 0 spiro atoms. The summed E-state index contributed by atoms with van der Waals surface area (Å²) >= 11 is 0. The van der Waals surface area contributed by atoms with E-state index in [-0.39, 0.29) is 0 Å². The summed E-state index contributed by atoms with van der Waals surface area (Å²) < 4.78 is 6.00. The molecule has 0 unspecified atom stereocenters. The average Bonchev–Trinajstić information content (AvgIpc) is 2.35. The molecule has 2 aliphatic rings. The van der Waals surface area contributed by atoms with Gasteiger partial charge in [0.15, 0.2) is 0 Å². The van der Waals surface area contributed by atoms with Crippen molar-refractivity contribution in [3.8, 4) is 0 Å². The van der Waals surface area contributed by atoms with Gasteiger partial charge in [0.05, 0.1) is 0 Å². The van der Waals surface area contributed by atoms with Crippen LogP contribution in [0, 0.1) is 0 Å². The minimum Gasteiger partial charge on any atom is -0.544 e. The van der Waals surface area contributed by atoms with E-state index in [9.17, 15) is 0 Å². The lowest BCUT2D eigenvalue weighted by atomic mass is 9.96. The SMILES string of the molecule is C1=C(O[SiH2]C2=Cc3ccccc32)c2ccccc21. The van der Waals surface area contributed by atoms with E-state index in [4.69, 9.17) is 4.43 Å². The molecule has 0 saturated carbocycles. The average molecular weight is 248 g/mol. The Kier molecular flexibility index (Phi) is 2.05. The lowest BCUT2D eigenvalue weighted by molar-refractivity contribution is 0.560. The maximum atomic E-state index is 6.00. The van der Waals surface area contributed by atoms with Crippen molar-refractivity contribution in [1.82, 2.24) is 0 Å². The van der Waals surface area contributed by atoms with E-state index in [0.29, 0.717) is 0 Å². The van der Waals surface area contributed by atoms with E-state index >= 15 is 0 Å². The van der Waals surface area contributed by atoms with Crippen LogP contribution in [0.1, 0.15) is 22.3 Å². The second-order valence-corrected chi connectivity index (χ2v) is 5.98. The lowest BCUT2D eigenvalue weighted by Crippen LogP contribution is -2.11. The summed E-state index contributed by atoms with van der Waals surface area (Å²) in [6.07, 6.45) is 4.39. The Bertz CT molecular complexity index is 636. The third-order valence-corrected chi connectivity index (χ3v) is 4.88. The summed E-state index contributed by atoms with van der Waals surface area (Å²) in [5.41, 5.74) is 5.30. The van der Waals surface area contributed by atoms with Gasteiger partial charge in [-0.2, -0.15) is 0 Å². The van der Waals surface area contributed by atoms with Crippen LogP contribution in [0.25, 0.3) is 23.1 Å². The largest absolute Gasteiger partial charge is 0.544 e. The Labute approximate surface area is 108 Å². The minimum atomic E-state index is -0.640. The van der Waals surface area contributed by atoms with Crippen LogP contribution < -0.4 is 0 Å². The van der Waals surface area contributed by atoms with Gasteiger partial charge < -0.3 is 4.43 Å². The van der Waals surface area contributed by atoms with Crippen molar-refractivity contribution in [2.45, 2.75) is 0 Å². The summed E-state index contributed by atoms with van der Waals surface area (Å²) in [6, 6.07) is 16.9. The van der Waals surface area contributed by atoms with Gasteiger partial charge in [0, 0.05) is 5.56 Å². The van der Waals surface area contributed by atoms with Gasteiger partial charge in [-0.15, -0.1) is 0 Å². The molecule has 0 fully saturated rings. The van der Waals surface area contributed by atoms with Crippen LogP contribution in [0.5, 0.6) is 0 Å². The van der Waals surface area contributed by atoms with Gasteiger partial charge in [-0.1, -0.05) is 54.6 Å². The summed E-state index contributed by atoms with van der Waals surface area (Å²) in [5.74, 6) is 1.07. The molecular weight excluding hydrogens is 236 g/mol. The minimum absolute atomic E-state index is 0.640. The monoisotopic (exact) mass is 248 g/mol. The number of rotatable bonds is 3. The van der Waals surface area contributed by atoms with Crippen molar-refractivity contribution in [1.29, 1.82) is 0 Å². The molecule has 2 aromatic carbocycles. The quantitative estimate of drug-likeness (QED) is 0.758. The Morgan fingerprint density at radius 3 is 2.11 bits per heavy atom. The zero-order valence-electron chi connectivity index (χ0n) is 9.89. The summed E-state index contributed by atoms with van der Waals surface area (Å²) in [7, 11) is -0.640. The molecule has 0 N–H and O–H groups in total. The van der Waals surface area contributed by atoms with Crippen molar-refractivity contribution in [2.24, 2.45) is 0 Å². The first kappa shape index (κ1) is 9.92. The highest BCUT2D eigenvalue weighted by molar-refractivity contribution is 6.60. The van der Waals surface area contributed by atoms with E-state index < -0.39 is 9.76 Å². The van der Waals surface area contributed by atoms with Crippen LogP contribution >= 0.6 is 0 Å². The van der Waals surface area contributed by atoms with E-state index in [2.05, 4.69) is 60.7 Å². The third kappa shape index (κ3) is 1.39. The summed E-state index contributed by atoms with van der Waals surface area (Å²) in [6.45, 7) is 0. The molecule has 2 aromatic rings. The molecule has 1 nitrogen and oxygen atoms in total. The summed E-state index contributed by atoms with van der Waals surface area (Å²) in [4.78, 5) is 0. The molecular formula is C16H12OSi. The van der Waals surface area contributed by atoms with Gasteiger partial charge in [-0.3, -0.25) is 0 Å². The second kappa shape index (κ2) is 3.72. The van der Waals surface area contributed by atoms with Crippen LogP contribution in [0.3, 0.4) is 0 Å². The summed E-state index contributed by atoms with van der Waals surface area (Å²) in [5, 5.41) is 1.43. The first-order chi connectivity index (χ1) is 8.92. The predicted octanol–water partition coefficient (Wildman–Crippen LogP) is 3.11. The lowest BCUT2D eigenvalue weighted by Gasteiger charge is -2.24. The number of hydrogen-bond acceptors (Lipinski definition) is 1. The fraction of sp³-hybridized carbons (Fsp3) is 0. The van der Waals surface area contributed by atoms with E-state index in [1.807, 2.05) is 0 Å². The van der Waals surface area contributed by atoms with Crippen LogP contribution in [0.4, 0.5) is 0 Å². The van der Waals surface area contributed by atoms with Gasteiger partial charge in [0.25, 0.3) is 9.76 Å². The van der Waals surface area contributed by atoms with Crippen molar-refractivity contribution >= 4 is 32.9 Å². The Morgan fingerprint density at radius 2 is 1.39 bits per heavy atom. The maximum Gasteiger partial charge on any atom is 0.252 e. The number of benzene rings is 2. The molecule has 2 aliphatic carbocycles. The zero-order valence-corrected chi connectivity index (χ0v) is 11.3. The highest BCUT2D eigenvalue weighted by atomic mass is 28.2. The first-order valence-electron chi connectivity index (χ1n) is 6.16. The fourth-order valence-corrected chi connectivity index (χ4v) is 3.82. The predicted molar refractivity (Wildman–Crippen MR) is 78.3 cm³/mol. The van der Waals surface area contributed by atoms with Crippen molar-refractivity contribution < 1.29 is 4.43 Å². The number of fused-ring (bicyclic) bond motifs is 2. The van der Waals surface area contributed by atoms with Crippen molar-refractivity contribution in [3.63, 3.8) is 0 Å². The first-order valence-corrected chi connectivity index (χ1v) is 7.44. The van der Waals surface area contributed by atoms with Crippen LogP contribution in [-0.4, -0.2) is 9.76 Å². The molecule has 4 rings (SSSR count). The van der Waals surface area contributed by atoms with Crippen molar-refractivity contribution in [3.05, 3.63) is 70.8 Å². The second-order valence-electron chi connectivity index (χ2n) is 4.64. The molecule has 0 aliphatic heterocycles. The fourth-order valence-electron chi connectivity index (χ4n) is 2.49. The van der Waals surface area contributed by atoms with Crippen molar-refractivity contribution in [2.75, 3.05) is 0 Å². The molecule has 0 saturated heterocycles. The smallest absolute Gasteiger partial charge is 0.252 e. The van der Waals surface area contributed by atoms with E-state index in [0.717, 1.165) is 5.76 Å². The zero-order chi connectivity index (χ0) is 11.9. The van der Waals surface area contributed by atoms with E-state index in [1.54, 1.807) is 0 Å². The van der Waals surface area contributed by atoms with Crippen LogP contribution in [-0.2, 0) is 4.43 Å². The molecule has 86 valence electrons. The molecule has 2 heteroatoms. The van der Waals surface area contributed by atoms with Crippen LogP contribution in [0.15, 0.2) is 48.5 Å². The molecule has 0 bridgehead atoms. The molecule has 0 aromatic heterocycles. The van der Waals surface area contributed by atoms with E-state index in [1.165, 1.54) is 27.5 Å². The van der Waals surface area contributed by atoms with Gasteiger partial charge in [0.2, 0.25) is 0 Å². The van der Waals surface area contributed by atoms with Gasteiger partial charge >= 0.3 is 0 Å². The maximum absolute atomic E-state index is 6.00. The van der Waals surface area contributed by atoms with Crippen LogP contribution in [0.2, 0.25) is 0 Å². The Balaban J connectivity index is 1.46. The number of hydrogen-bond donors (Lipinski definition) is 0. The highest BCUT2D eigenvalue weighted by Crippen LogP contribution is 2.35.